The van der Waals surface area contributed by atoms with E-state index in [1.807, 2.05) is 61.5 Å². The van der Waals surface area contributed by atoms with E-state index in [2.05, 4.69) is 5.32 Å². The van der Waals surface area contributed by atoms with Crippen molar-refractivity contribution in [3.8, 4) is 0 Å². The number of thioether (sulfide) groups is 1. The van der Waals surface area contributed by atoms with Crippen LogP contribution in [0.5, 0.6) is 0 Å². The summed E-state index contributed by atoms with van der Waals surface area (Å²) in [6, 6.07) is 21.1. The van der Waals surface area contributed by atoms with Gasteiger partial charge in [0.2, 0.25) is 0 Å². The summed E-state index contributed by atoms with van der Waals surface area (Å²) < 4.78 is 5.08. The predicted octanol–water partition coefficient (Wildman–Crippen LogP) is 5.01. The molecule has 0 bridgehead atoms. The van der Waals surface area contributed by atoms with E-state index in [9.17, 15) is 9.59 Å². The third-order valence-corrected chi connectivity index (χ3v) is 5.37. The Kier molecular flexibility index (Phi) is 6.95. The molecule has 3 aromatic rings. The third kappa shape index (κ3) is 5.75. The van der Waals surface area contributed by atoms with Crippen molar-refractivity contribution in [2.75, 3.05) is 12.4 Å². The molecule has 3 aromatic carbocycles. The van der Waals surface area contributed by atoms with Gasteiger partial charge in [-0.1, -0.05) is 54.1 Å². The second kappa shape index (κ2) is 9.62. The number of rotatable bonds is 7. The van der Waals surface area contributed by atoms with Crippen LogP contribution in [0, 0.1) is 0 Å². The van der Waals surface area contributed by atoms with Crippen LogP contribution in [0.3, 0.4) is 0 Å². The molecule has 3 rings (SSSR count). The van der Waals surface area contributed by atoms with Gasteiger partial charge in [-0.05, 0) is 47.5 Å². The van der Waals surface area contributed by atoms with Gasteiger partial charge in [-0.2, -0.15) is 0 Å². The molecule has 0 unspecified atom stereocenters. The number of ether oxygens (including phenoxy) is 1. The molecule has 0 saturated heterocycles. The van der Waals surface area contributed by atoms with Crippen molar-refractivity contribution in [1.29, 1.82) is 0 Å². The highest BCUT2D eigenvalue weighted by Gasteiger charge is 2.12. The monoisotopic (exact) mass is 413 g/mol. The minimum atomic E-state index is -0.427. The number of benzene rings is 3. The van der Waals surface area contributed by atoms with Gasteiger partial charge in [0.25, 0.3) is 5.91 Å². The maximum absolute atomic E-state index is 12.0. The van der Waals surface area contributed by atoms with E-state index in [0.29, 0.717) is 5.02 Å². The first-order valence-corrected chi connectivity index (χ1v) is 10.2. The van der Waals surface area contributed by atoms with E-state index in [1.165, 1.54) is 11.8 Å². The number of carbonyl (C=O) groups is 2. The molecule has 0 radical (unpaired) electrons. The lowest BCUT2D eigenvalue weighted by molar-refractivity contribution is -0.146. The van der Waals surface area contributed by atoms with Gasteiger partial charge < -0.3 is 10.1 Å². The first-order valence-electron chi connectivity index (χ1n) is 8.83. The highest BCUT2D eigenvalue weighted by atomic mass is 35.5. The minimum Gasteiger partial charge on any atom is -0.455 e. The molecule has 0 fully saturated rings. The summed E-state index contributed by atoms with van der Waals surface area (Å²) in [4.78, 5) is 24.9. The van der Waals surface area contributed by atoms with E-state index in [0.717, 1.165) is 21.2 Å². The average molecular weight is 414 g/mol. The van der Waals surface area contributed by atoms with Crippen LogP contribution in [-0.2, 0) is 14.3 Å². The van der Waals surface area contributed by atoms with Crippen molar-refractivity contribution in [3.63, 3.8) is 0 Å². The van der Waals surface area contributed by atoms with Crippen LogP contribution in [0.15, 0.2) is 71.6 Å². The Labute approximate surface area is 173 Å². The zero-order valence-corrected chi connectivity index (χ0v) is 16.9. The lowest BCUT2D eigenvalue weighted by atomic mass is 10.1. The number of hydrogen-bond acceptors (Lipinski definition) is 4. The van der Waals surface area contributed by atoms with Crippen LogP contribution in [0.4, 0.5) is 0 Å². The number of amides is 1. The Morgan fingerprint density at radius 1 is 1.04 bits per heavy atom. The normalized spacial score (nSPS) is 11.8. The van der Waals surface area contributed by atoms with Crippen molar-refractivity contribution in [1.82, 2.24) is 5.32 Å². The summed E-state index contributed by atoms with van der Waals surface area (Å²) >= 11 is 7.35. The summed E-state index contributed by atoms with van der Waals surface area (Å²) in [5.41, 5.74) is 0.888. The fourth-order valence-electron chi connectivity index (χ4n) is 2.73. The topological polar surface area (TPSA) is 55.4 Å². The molecule has 4 nitrogen and oxygen atoms in total. The number of halogens is 1. The molecule has 1 amide bonds. The third-order valence-electron chi connectivity index (χ3n) is 4.17. The van der Waals surface area contributed by atoms with E-state index in [1.54, 1.807) is 12.1 Å². The van der Waals surface area contributed by atoms with Crippen molar-refractivity contribution in [2.24, 2.45) is 0 Å². The molecule has 0 saturated carbocycles. The van der Waals surface area contributed by atoms with Crippen LogP contribution in [-0.4, -0.2) is 24.2 Å². The van der Waals surface area contributed by atoms with Gasteiger partial charge in [0.15, 0.2) is 6.61 Å². The van der Waals surface area contributed by atoms with Gasteiger partial charge in [0, 0.05) is 9.92 Å². The predicted molar refractivity (Wildman–Crippen MR) is 114 cm³/mol. The fourth-order valence-corrected chi connectivity index (χ4v) is 3.67. The van der Waals surface area contributed by atoms with Crippen molar-refractivity contribution in [3.05, 3.63) is 77.3 Å². The fraction of sp³-hybridized carbons (Fsp3) is 0.182. The molecule has 0 aliphatic rings. The molecule has 1 N–H and O–H groups in total. The van der Waals surface area contributed by atoms with Crippen molar-refractivity contribution < 1.29 is 14.3 Å². The highest BCUT2D eigenvalue weighted by Crippen LogP contribution is 2.23. The summed E-state index contributed by atoms with van der Waals surface area (Å²) in [5, 5.41) is 5.67. The molecular formula is C22H20ClNO3S. The van der Waals surface area contributed by atoms with E-state index >= 15 is 0 Å². The quantitative estimate of drug-likeness (QED) is 0.437. The zero-order valence-electron chi connectivity index (χ0n) is 15.4. The Balaban J connectivity index is 1.43. The molecule has 144 valence electrons. The van der Waals surface area contributed by atoms with Crippen LogP contribution in [0.2, 0.25) is 5.02 Å². The lowest BCUT2D eigenvalue weighted by Crippen LogP contribution is -2.31. The first-order chi connectivity index (χ1) is 13.5. The smallest absolute Gasteiger partial charge is 0.316 e. The first kappa shape index (κ1) is 20.2. The van der Waals surface area contributed by atoms with Crippen LogP contribution >= 0.6 is 23.4 Å². The van der Waals surface area contributed by atoms with Crippen LogP contribution in [0.25, 0.3) is 10.8 Å². The van der Waals surface area contributed by atoms with E-state index in [-0.39, 0.29) is 24.3 Å². The number of fused-ring (bicyclic) bond motifs is 1. The summed E-state index contributed by atoms with van der Waals surface area (Å²) in [6.45, 7) is 1.54. The van der Waals surface area contributed by atoms with E-state index in [4.69, 9.17) is 16.3 Å². The van der Waals surface area contributed by atoms with Crippen molar-refractivity contribution >= 4 is 46.0 Å². The molecule has 0 aliphatic carbocycles. The summed E-state index contributed by atoms with van der Waals surface area (Å²) in [6.07, 6.45) is 0. The Hall–Kier alpha value is -2.50. The molecule has 0 aliphatic heterocycles. The van der Waals surface area contributed by atoms with Gasteiger partial charge in [-0.3, -0.25) is 9.59 Å². The average Bonchev–Trinajstić information content (AvgIpc) is 2.70. The standard InChI is InChI=1S/C22H20ClNO3S/c1-15(17-7-4-8-19(23)11-17)24-21(25)13-27-22(26)14-28-20-10-9-16-5-2-3-6-18(16)12-20/h2-12,15H,13-14H2,1H3,(H,24,25)/t15-/m1/s1. The van der Waals surface area contributed by atoms with Crippen LogP contribution < -0.4 is 5.32 Å². The molecule has 0 spiro atoms. The Bertz CT molecular complexity index is 992. The molecule has 0 aromatic heterocycles. The Morgan fingerprint density at radius 3 is 2.61 bits per heavy atom. The van der Waals surface area contributed by atoms with Gasteiger partial charge in [0.1, 0.15) is 0 Å². The summed E-state index contributed by atoms with van der Waals surface area (Å²) in [5.74, 6) is -0.629. The van der Waals surface area contributed by atoms with E-state index < -0.39 is 5.97 Å². The number of carbonyl (C=O) groups excluding carboxylic acids is 2. The second-order valence-corrected chi connectivity index (χ2v) is 7.79. The number of hydrogen-bond donors (Lipinski definition) is 1. The zero-order chi connectivity index (χ0) is 19.9. The Morgan fingerprint density at radius 2 is 1.82 bits per heavy atom. The SMILES string of the molecule is C[C@@H](NC(=O)COC(=O)CSc1ccc2ccccc2c1)c1cccc(Cl)c1. The minimum absolute atomic E-state index is 0.148. The second-order valence-electron chi connectivity index (χ2n) is 6.30. The van der Waals surface area contributed by atoms with Gasteiger partial charge in [0.05, 0.1) is 11.8 Å². The maximum atomic E-state index is 12.0. The molecule has 6 heteroatoms. The van der Waals surface area contributed by atoms with Gasteiger partial charge in [-0.25, -0.2) is 0 Å². The van der Waals surface area contributed by atoms with Gasteiger partial charge >= 0.3 is 5.97 Å². The molecular weight excluding hydrogens is 394 g/mol. The number of nitrogens with one attached hydrogen (secondary N) is 1. The van der Waals surface area contributed by atoms with Gasteiger partial charge in [-0.15, -0.1) is 11.8 Å². The lowest BCUT2D eigenvalue weighted by Gasteiger charge is -2.14. The maximum Gasteiger partial charge on any atom is 0.316 e. The van der Waals surface area contributed by atoms with Crippen molar-refractivity contribution in [2.45, 2.75) is 17.9 Å². The largest absolute Gasteiger partial charge is 0.455 e. The van der Waals surface area contributed by atoms with Crippen LogP contribution in [0.1, 0.15) is 18.5 Å². The molecule has 1 atom stereocenters. The molecule has 0 heterocycles. The number of esters is 1. The molecule has 28 heavy (non-hydrogen) atoms. The summed E-state index contributed by atoms with van der Waals surface area (Å²) in [7, 11) is 0. The highest BCUT2D eigenvalue weighted by molar-refractivity contribution is 8.00.